The van der Waals surface area contributed by atoms with Crippen molar-refractivity contribution in [1.29, 1.82) is 0 Å². The molecule has 0 unspecified atom stereocenters. The molecule has 8 aromatic carbocycles. The van der Waals surface area contributed by atoms with E-state index in [2.05, 4.69) is 219 Å². The Morgan fingerprint density at radius 3 is 1.56 bits per heavy atom. The van der Waals surface area contributed by atoms with E-state index in [-0.39, 0.29) is 5.41 Å². The number of benzene rings is 8. The molecule has 248 valence electrons. The zero-order valence-electron chi connectivity index (χ0n) is 29.5. The van der Waals surface area contributed by atoms with Crippen LogP contribution in [0, 0.1) is 0 Å². The second-order valence-electron chi connectivity index (χ2n) is 14.2. The lowest BCUT2D eigenvalue weighted by molar-refractivity contribution is 0.660. The van der Waals surface area contributed by atoms with E-state index in [4.69, 9.17) is 0 Å². The monoisotopic (exact) mass is 665 g/mol. The maximum Gasteiger partial charge on any atom is 0.0465 e. The van der Waals surface area contributed by atoms with E-state index in [0.29, 0.717) is 0 Å². The van der Waals surface area contributed by atoms with Crippen LogP contribution in [0.25, 0.3) is 56.3 Å². The van der Waals surface area contributed by atoms with Gasteiger partial charge in [-0.2, -0.15) is 0 Å². The fourth-order valence-electron chi connectivity index (χ4n) is 8.09. The summed E-state index contributed by atoms with van der Waals surface area (Å²) in [5.74, 6) is 0. The van der Waals surface area contributed by atoms with E-state index in [1.54, 1.807) is 0 Å². The smallest absolute Gasteiger partial charge is 0.0465 e. The van der Waals surface area contributed by atoms with Gasteiger partial charge in [-0.05, 0) is 109 Å². The van der Waals surface area contributed by atoms with Gasteiger partial charge < -0.3 is 4.90 Å². The summed E-state index contributed by atoms with van der Waals surface area (Å²) in [5, 5.41) is 2.52. The Balaban J connectivity index is 1.13. The molecule has 0 amide bonds. The lowest BCUT2D eigenvalue weighted by Gasteiger charge is -2.28. The first-order valence-electron chi connectivity index (χ1n) is 18.1. The summed E-state index contributed by atoms with van der Waals surface area (Å²) in [6.45, 7) is 4.74. The predicted molar refractivity (Wildman–Crippen MR) is 222 cm³/mol. The molecule has 0 N–H and O–H groups in total. The summed E-state index contributed by atoms with van der Waals surface area (Å²) < 4.78 is 0. The molecule has 0 aliphatic heterocycles. The van der Waals surface area contributed by atoms with Crippen molar-refractivity contribution in [2.24, 2.45) is 0 Å². The third-order valence-corrected chi connectivity index (χ3v) is 10.6. The van der Waals surface area contributed by atoms with Gasteiger partial charge in [0.05, 0.1) is 0 Å². The molecule has 1 nitrogen and oxygen atoms in total. The largest absolute Gasteiger partial charge is 0.310 e. The van der Waals surface area contributed by atoms with Crippen molar-refractivity contribution in [2.75, 3.05) is 4.90 Å². The number of hydrogen-bond acceptors (Lipinski definition) is 1. The van der Waals surface area contributed by atoms with E-state index in [9.17, 15) is 0 Å². The SMILES string of the molecule is CC1(C)c2cc(/C=C/c3cc(-c4ccccc4)c4ccccc4c3-c3ccccc3)ccc2-c2ccc(N(c3ccccc3)c3ccccc3)cc21. The Hall–Kier alpha value is -6.44. The van der Waals surface area contributed by atoms with Crippen molar-refractivity contribution >= 4 is 40.0 Å². The zero-order chi connectivity index (χ0) is 35.1. The maximum atomic E-state index is 2.40. The van der Waals surface area contributed by atoms with Gasteiger partial charge in [-0.15, -0.1) is 0 Å². The number of fused-ring (bicyclic) bond motifs is 4. The molecule has 0 fully saturated rings. The second kappa shape index (κ2) is 13.0. The van der Waals surface area contributed by atoms with Gasteiger partial charge in [0.2, 0.25) is 0 Å². The van der Waals surface area contributed by atoms with Crippen LogP contribution in [-0.2, 0) is 5.41 Å². The highest BCUT2D eigenvalue weighted by molar-refractivity contribution is 6.08. The van der Waals surface area contributed by atoms with Crippen molar-refractivity contribution in [3.63, 3.8) is 0 Å². The number of para-hydroxylation sites is 2. The summed E-state index contributed by atoms with van der Waals surface area (Å²) in [6, 6.07) is 68.0. The maximum absolute atomic E-state index is 2.40. The highest BCUT2D eigenvalue weighted by atomic mass is 15.1. The van der Waals surface area contributed by atoms with Gasteiger partial charge in [-0.3, -0.25) is 0 Å². The van der Waals surface area contributed by atoms with Crippen LogP contribution in [0.3, 0.4) is 0 Å². The molecular weight excluding hydrogens is 627 g/mol. The molecule has 0 atom stereocenters. The molecule has 0 saturated heterocycles. The highest BCUT2D eigenvalue weighted by Crippen LogP contribution is 2.51. The van der Waals surface area contributed by atoms with Crippen LogP contribution in [-0.4, -0.2) is 0 Å². The van der Waals surface area contributed by atoms with E-state index < -0.39 is 0 Å². The van der Waals surface area contributed by atoms with Gasteiger partial charge in [0.15, 0.2) is 0 Å². The molecule has 0 spiro atoms. The van der Waals surface area contributed by atoms with Crippen molar-refractivity contribution in [3.05, 3.63) is 210 Å². The van der Waals surface area contributed by atoms with Gasteiger partial charge >= 0.3 is 0 Å². The van der Waals surface area contributed by atoms with Gasteiger partial charge in [-0.25, -0.2) is 0 Å². The Morgan fingerprint density at radius 1 is 0.404 bits per heavy atom. The fourth-order valence-corrected chi connectivity index (χ4v) is 8.09. The quantitative estimate of drug-likeness (QED) is 0.153. The Kier molecular flexibility index (Phi) is 7.90. The molecule has 1 heteroatoms. The summed E-state index contributed by atoms with van der Waals surface area (Å²) in [7, 11) is 0. The highest BCUT2D eigenvalue weighted by Gasteiger charge is 2.36. The third kappa shape index (κ3) is 5.52. The molecule has 9 rings (SSSR count). The average molecular weight is 666 g/mol. The van der Waals surface area contributed by atoms with E-state index in [1.807, 2.05) is 0 Å². The van der Waals surface area contributed by atoms with Gasteiger partial charge in [-0.1, -0.05) is 172 Å². The second-order valence-corrected chi connectivity index (χ2v) is 14.2. The van der Waals surface area contributed by atoms with E-state index >= 15 is 0 Å². The molecule has 0 bridgehead atoms. The molecule has 1 aliphatic rings. The Labute approximate surface area is 306 Å². The number of nitrogens with zero attached hydrogens (tertiary/aromatic N) is 1. The summed E-state index contributed by atoms with van der Waals surface area (Å²) in [5.41, 5.74) is 16.0. The van der Waals surface area contributed by atoms with Crippen LogP contribution in [0.5, 0.6) is 0 Å². The van der Waals surface area contributed by atoms with Gasteiger partial charge in [0.25, 0.3) is 0 Å². The minimum atomic E-state index is -0.164. The molecule has 52 heavy (non-hydrogen) atoms. The fraction of sp³-hybridized carbons (Fsp3) is 0.0588. The summed E-state index contributed by atoms with van der Waals surface area (Å²) in [6.07, 6.45) is 4.61. The van der Waals surface area contributed by atoms with Gasteiger partial charge in [0, 0.05) is 22.5 Å². The molecule has 0 aromatic heterocycles. The van der Waals surface area contributed by atoms with E-state index in [0.717, 1.165) is 17.1 Å². The lowest BCUT2D eigenvalue weighted by atomic mass is 9.81. The van der Waals surface area contributed by atoms with Crippen LogP contribution < -0.4 is 4.90 Å². The van der Waals surface area contributed by atoms with E-state index in [1.165, 1.54) is 66.4 Å². The van der Waals surface area contributed by atoms with Crippen molar-refractivity contribution in [1.82, 2.24) is 0 Å². The third-order valence-electron chi connectivity index (χ3n) is 10.6. The minimum Gasteiger partial charge on any atom is -0.310 e. The summed E-state index contributed by atoms with van der Waals surface area (Å²) >= 11 is 0. The average Bonchev–Trinajstić information content (AvgIpc) is 3.43. The van der Waals surface area contributed by atoms with Crippen LogP contribution in [0.15, 0.2) is 188 Å². The standard InChI is InChI=1S/C51H39N/c1-51(2)48-33-36(28-31-44(48)45-32-30-42(35-49(45)51)52(40-21-11-5-12-22-40)41-23-13-6-14-24-41)27-29-39-34-47(37-17-7-3-8-18-37)43-25-15-16-26-46(43)50(39)38-19-9-4-10-20-38/h3-35H,1-2H3/b29-27+. The minimum absolute atomic E-state index is 0.164. The first-order valence-corrected chi connectivity index (χ1v) is 18.1. The molecule has 0 saturated carbocycles. The Bertz CT molecular complexity index is 2530. The number of hydrogen-bond donors (Lipinski definition) is 0. The predicted octanol–water partition coefficient (Wildman–Crippen LogP) is 14.1. The number of rotatable bonds is 7. The van der Waals surface area contributed by atoms with Crippen molar-refractivity contribution < 1.29 is 0 Å². The number of anilines is 3. The zero-order valence-corrected chi connectivity index (χ0v) is 29.5. The van der Waals surface area contributed by atoms with Crippen molar-refractivity contribution in [2.45, 2.75) is 19.3 Å². The molecular formula is C51H39N. The van der Waals surface area contributed by atoms with Crippen LogP contribution in [0.2, 0.25) is 0 Å². The topological polar surface area (TPSA) is 3.24 Å². The first-order chi connectivity index (χ1) is 25.6. The first kappa shape index (κ1) is 31.5. The Morgan fingerprint density at radius 2 is 0.923 bits per heavy atom. The summed E-state index contributed by atoms with van der Waals surface area (Å²) in [4.78, 5) is 2.35. The molecule has 1 aliphatic carbocycles. The van der Waals surface area contributed by atoms with Crippen molar-refractivity contribution in [3.8, 4) is 33.4 Å². The van der Waals surface area contributed by atoms with Crippen LogP contribution in [0.1, 0.15) is 36.1 Å². The normalized spacial score (nSPS) is 12.9. The lowest BCUT2D eigenvalue weighted by Crippen LogP contribution is -2.16. The molecule has 8 aromatic rings. The van der Waals surface area contributed by atoms with Crippen LogP contribution in [0.4, 0.5) is 17.1 Å². The molecule has 0 radical (unpaired) electrons. The van der Waals surface area contributed by atoms with Gasteiger partial charge in [0.1, 0.15) is 0 Å². The molecule has 0 heterocycles. The van der Waals surface area contributed by atoms with Crippen LogP contribution >= 0.6 is 0 Å².